The average Bonchev–Trinajstić information content (AvgIpc) is 2.84. The molecule has 2 fully saturated rings. The first-order valence-electron chi connectivity index (χ1n) is 12.0. The fourth-order valence-electron chi connectivity index (χ4n) is 5.12. The lowest BCUT2D eigenvalue weighted by Crippen LogP contribution is -2.44. The number of sulfone groups is 1. The first kappa shape index (κ1) is 25.3. The summed E-state index contributed by atoms with van der Waals surface area (Å²) in [5.74, 6) is 0. The third-order valence-corrected chi connectivity index (χ3v) is 8.58. The van der Waals surface area contributed by atoms with Gasteiger partial charge in [0, 0.05) is 61.3 Å². The lowest BCUT2D eigenvalue weighted by Gasteiger charge is -2.42. The number of rotatable bonds is 6. The van der Waals surface area contributed by atoms with Crippen LogP contribution in [0.3, 0.4) is 0 Å². The smallest absolute Gasteiger partial charge is 0.176 e. The highest BCUT2D eigenvalue weighted by atomic mass is 35.5. The van der Waals surface area contributed by atoms with Crippen LogP contribution in [0.4, 0.5) is 5.69 Å². The molecule has 0 aromatic heterocycles. The minimum Gasteiger partial charge on any atom is -0.369 e. The van der Waals surface area contributed by atoms with Crippen molar-refractivity contribution in [2.45, 2.75) is 6.04 Å². The Hall–Kier alpha value is -2.35. The number of hydrogen-bond donors (Lipinski definition) is 1. The van der Waals surface area contributed by atoms with E-state index in [0.717, 1.165) is 54.1 Å². The number of likely N-dealkylation sites (tertiary alicyclic amines) is 1. The van der Waals surface area contributed by atoms with Crippen LogP contribution in [0.25, 0.3) is 4.91 Å². The number of nitrogens with one attached hydrogen (secondary N) is 1. The SMILES string of the molecule is CS(=O)(=O)C(=C1CN(C(c2ccc(Cl)cc2)c2ccc(Cl)cc2)C1)c1cccc(N2CCNCC2)c1. The lowest BCUT2D eigenvalue weighted by molar-refractivity contribution is 0.203. The maximum Gasteiger partial charge on any atom is 0.176 e. The summed E-state index contributed by atoms with van der Waals surface area (Å²) in [6.45, 7) is 4.80. The van der Waals surface area contributed by atoms with Gasteiger partial charge in [-0.05, 0) is 58.7 Å². The van der Waals surface area contributed by atoms with Crippen molar-refractivity contribution >= 4 is 43.6 Å². The second-order valence-corrected chi connectivity index (χ2v) is 12.2. The van der Waals surface area contributed by atoms with Gasteiger partial charge in [-0.1, -0.05) is 59.6 Å². The van der Waals surface area contributed by atoms with E-state index in [2.05, 4.69) is 21.2 Å². The van der Waals surface area contributed by atoms with E-state index < -0.39 is 9.84 Å². The molecule has 1 N–H and O–H groups in total. The lowest BCUT2D eigenvalue weighted by atomic mass is 9.92. The zero-order valence-electron chi connectivity index (χ0n) is 20.1. The van der Waals surface area contributed by atoms with E-state index in [0.29, 0.717) is 28.0 Å². The zero-order chi connectivity index (χ0) is 25.3. The minimum atomic E-state index is -3.43. The fourth-order valence-corrected chi connectivity index (χ4v) is 6.58. The van der Waals surface area contributed by atoms with Gasteiger partial charge in [-0.25, -0.2) is 8.42 Å². The van der Waals surface area contributed by atoms with Crippen LogP contribution in [0.1, 0.15) is 22.7 Å². The average molecular weight is 543 g/mol. The summed E-state index contributed by atoms with van der Waals surface area (Å²) < 4.78 is 26.0. The molecule has 0 aliphatic carbocycles. The number of benzene rings is 3. The highest BCUT2D eigenvalue weighted by molar-refractivity contribution is 8.00. The molecule has 0 radical (unpaired) electrons. The third-order valence-electron chi connectivity index (χ3n) is 6.81. The molecule has 0 atom stereocenters. The number of hydrogen-bond acceptors (Lipinski definition) is 5. The van der Waals surface area contributed by atoms with E-state index in [-0.39, 0.29) is 6.04 Å². The standard InChI is InChI=1S/C28H29Cl2N3O2S/c1-36(34,35)28(22-3-2-4-26(17-22)32-15-13-31-14-16-32)23-18-33(19-23)27(20-5-9-24(29)10-6-20)21-7-11-25(30)12-8-21/h2-12,17,27,31H,13-16,18-19H2,1H3. The third kappa shape index (κ3) is 5.48. The molecule has 0 spiro atoms. The van der Waals surface area contributed by atoms with Crippen LogP contribution in [0.15, 0.2) is 78.4 Å². The first-order chi connectivity index (χ1) is 17.3. The largest absolute Gasteiger partial charge is 0.369 e. The molecule has 2 aliphatic rings. The quantitative estimate of drug-likeness (QED) is 0.461. The molecule has 0 saturated carbocycles. The van der Waals surface area contributed by atoms with Gasteiger partial charge < -0.3 is 10.2 Å². The number of halogens is 2. The van der Waals surface area contributed by atoms with Crippen LogP contribution < -0.4 is 10.2 Å². The molecule has 36 heavy (non-hydrogen) atoms. The maximum absolute atomic E-state index is 13.0. The van der Waals surface area contributed by atoms with Crippen LogP contribution in [0.2, 0.25) is 10.0 Å². The van der Waals surface area contributed by atoms with Crippen molar-refractivity contribution in [1.82, 2.24) is 10.2 Å². The van der Waals surface area contributed by atoms with Gasteiger partial charge in [-0.3, -0.25) is 4.90 Å². The molecule has 0 unspecified atom stereocenters. The van der Waals surface area contributed by atoms with Crippen LogP contribution >= 0.6 is 23.2 Å². The summed E-state index contributed by atoms with van der Waals surface area (Å²) in [6, 6.07) is 23.6. The number of nitrogens with zero attached hydrogens (tertiary/aromatic N) is 2. The van der Waals surface area contributed by atoms with Crippen LogP contribution in [0, 0.1) is 0 Å². The van der Waals surface area contributed by atoms with Crippen molar-refractivity contribution < 1.29 is 8.42 Å². The fraction of sp³-hybridized carbons (Fsp3) is 0.286. The Labute approximate surface area is 223 Å². The highest BCUT2D eigenvalue weighted by Crippen LogP contribution is 2.39. The summed E-state index contributed by atoms with van der Waals surface area (Å²) in [4.78, 5) is 5.03. The summed E-state index contributed by atoms with van der Waals surface area (Å²) in [5.41, 5.74) is 4.96. The first-order valence-corrected chi connectivity index (χ1v) is 14.7. The Morgan fingerprint density at radius 1 is 0.861 bits per heavy atom. The van der Waals surface area contributed by atoms with Crippen LogP contribution in [0.5, 0.6) is 0 Å². The second kappa shape index (κ2) is 10.6. The molecule has 8 heteroatoms. The van der Waals surface area contributed by atoms with Gasteiger partial charge in [0.2, 0.25) is 0 Å². The molecular weight excluding hydrogens is 513 g/mol. The van der Waals surface area contributed by atoms with Crippen molar-refractivity contribution in [1.29, 1.82) is 0 Å². The van der Waals surface area contributed by atoms with Gasteiger partial charge in [0.05, 0.1) is 10.9 Å². The Morgan fingerprint density at radius 3 is 1.94 bits per heavy atom. The van der Waals surface area contributed by atoms with Gasteiger partial charge in [0.1, 0.15) is 0 Å². The Morgan fingerprint density at radius 2 is 1.42 bits per heavy atom. The predicted octanol–water partition coefficient (Wildman–Crippen LogP) is 5.26. The molecule has 188 valence electrons. The summed E-state index contributed by atoms with van der Waals surface area (Å²) in [7, 11) is -3.43. The molecule has 5 rings (SSSR count). The summed E-state index contributed by atoms with van der Waals surface area (Å²) in [6.07, 6.45) is 1.31. The Balaban J connectivity index is 1.48. The summed E-state index contributed by atoms with van der Waals surface area (Å²) in [5, 5.41) is 4.73. The van der Waals surface area contributed by atoms with Gasteiger partial charge in [0.25, 0.3) is 0 Å². The normalized spacial score (nSPS) is 16.8. The van der Waals surface area contributed by atoms with Gasteiger partial charge in [-0.15, -0.1) is 0 Å². The molecule has 2 aliphatic heterocycles. The van der Waals surface area contributed by atoms with Crippen LogP contribution in [-0.4, -0.2) is 58.8 Å². The Kier molecular flexibility index (Phi) is 7.42. The monoisotopic (exact) mass is 541 g/mol. The molecular formula is C28H29Cl2N3O2S. The number of piperazine rings is 1. The van der Waals surface area contributed by atoms with E-state index in [9.17, 15) is 8.42 Å². The maximum atomic E-state index is 13.0. The van der Waals surface area contributed by atoms with Crippen molar-refractivity contribution in [3.05, 3.63) is 105 Å². The number of anilines is 1. The van der Waals surface area contributed by atoms with E-state index in [1.165, 1.54) is 6.26 Å². The molecule has 5 nitrogen and oxygen atoms in total. The van der Waals surface area contributed by atoms with E-state index in [1.807, 2.05) is 66.7 Å². The van der Waals surface area contributed by atoms with Gasteiger partial charge in [0.15, 0.2) is 9.84 Å². The van der Waals surface area contributed by atoms with E-state index in [1.54, 1.807) is 0 Å². The Bertz CT molecular complexity index is 1310. The molecule has 0 amide bonds. The molecule has 2 saturated heterocycles. The second-order valence-electron chi connectivity index (χ2n) is 9.40. The van der Waals surface area contributed by atoms with E-state index >= 15 is 0 Å². The van der Waals surface area contributed by atoms with Crippen LogP contribution in [-0.2, 0) is 9.84 Å². The van der Waals surface area contributed by atoms with Gasteiger partial charge >= 0.3 is 0 Å². The molecule has 3 aromatic rings. The van der Waals surface area contributed by atoms with Crippen molar-refractivity contribution in [3.63, 3.8) is 0 Å². The highest BCUT2D eigenvalue weighted by Gasteiger charge is 2.34. The van der Waals surface area contributed by atoms with Crippen molar-refractivity contribution in [3.8, 4) is 0 Å². The zero-order valence-corrected chi connectivity index (χ0v) is 22.5. The topological polar surface area (TPSA) is 52.7 Å². The van der Waals surface area contributed by atoms with Crippen molar-refractivity contribution in [2.24, 2.45) is 0 Å². The van der Waals surface area contributed by atoms with E-state index in [4.69, 9.17) is 23.2 Å². The molecule has 3 aromatic carbocycles. The molecule has 2 heterocycles. The molecule has 0 bridgehead atoms. The van der Waals surface area contributed by atoms with Crippen molar-refractivity contribution in [2.75, 3.05) is 50.4 Å². The minimum absolute atomic E-state index is 0.0312. The predicted molar refractivity (Wildman–Crippen MR) is 150 cm³/mol. The van der Waals surface area contributed by atoms with Gasteiger partial charge in [-0.2, -0.15) is 0 Å². The summed E-state index contributed by atoms with van der Waals surface area (Å²) >= 11 is 12.3.